The molecule has 0 bridgehead atoms. The number of halogens is 1. The van der Waals surface area contributed by atoms with Crippen LogP contribution in [0.5, 0.6) is 0 Å². The van der Waals surface area contributed by atoms with E-state index in [4.69, 9.17) is 4.74 Å². The van der Waals surface area contributed by atoms with Gasteiger partial charge in [-0.05, 0) is 24.3 Å². The molecule has 1 heterocycles. The van der Waals surface area contributed by atoms with Crippen LogP contribution in [0.2, 0.25) is 0 Å². The van der Waals surface area contributed by atoms with Crippen molar-refractivity contribution in [2.24, 2.45) is 0 Å². The van der Waals surface area contributed by atoms with Crippen molar-refractivity contribution < 1.29 is 23.6 Å². The fourth-order valence-corrected chi connectivity index (χ4v) is 2.23. The first-order valence-corrected chi connectivity index (χ1v) is 7.24. The Labute approximate surface area is 128 Å². The summed E-state index contributed by atoms with van der Waals surface area (Å²) in [5.41, 5.74) is 0.625. The van der Waals surface area contributed by atoms with Crippen molar-refractivity contribution in [2.45, 2.75) is 12.5 Å². The molecule has 1 aliphatic heterocycles. The molecule has 22 heavy (non-hydrogen) atoms. The van der Waals surface area contributed by atoms with Crippen LogP contribution in [-0.4, -0.2) is 51.8 Å². The van der Waals surface area contributed by atoms with E-state index in [2.05, 4.69) is 5.32 Å². The molecule has 7 heteroatoms. The lowest BCUT2D eigenvalue weighted by Crippen LogP contribution is -3.06. The number of benzene rings is 1. The Hall–Kier alpha value is -2.15. The highest BCUT2D eigenvalue weighted by molar-refractivity contribution is 5.96. The van der Waals surface area contributed by atoms with E-state index in [-0.39, 0.29) is 24.2 Å². The zero-order valence-electron chi connectivity index (χ0n) is 12.8. The minimum atomic E-state index is -0.514. The lowest BCUT2D eigenvalue weighted by atomic mass is 10.3. The number of likely N-dealkylation sites (N-methyl/N-ethyl adjacent to an activating group) is 1. The number of carbonyl (C=O) groups is 2. The van der Waals surface area contributed by atoms with Gasteiger partial charge in [0.05, 0.1) is 20.1 Å². The summed E-state index contributed by atoms with van der Waals surface area (Å²) >= 11 is 0. The Balaban J connectivity index is 1.84. The van der Waals surface area contributed by atoms with Crippen LogP contribution in [0, 0.1) is 5.82 Å². The number of nitrogens with one attached hydrogen (secondary N) is 2. The molecule has 1 atom stereocenters. The first-order valence-electron chi connectivity index (χ1n) is 7.24. The summed E-state index contributed by atoms with van der Waals surface area (Å²) in [5, 5.41) is 2.69. The number of anilines is 1. The summed E-state index contributed by atoms with van der Waals surface area (Å²) in [6.45, 7) is 1.41. The van der Waals surface area contributed by atoms with Gasteiger partial charge in [0.15, 0.2) is 0 Å². The van der Waals surface area contributed by atoms with Gasteiger partial charge < -0.3 is 19.9 Å². The number of ether oxygens (including phenoxy) is 1. The van der Waals surface area contributed by atoms with Gasteiger partial charge in [-0.3, -0.25) is 4.79 Å². The topological polar surface area (TPSA) is 63.1 Å². The molecule has 120 valence electrons. The molecule has 0 aliphatic carbocycles. The standard InChI is InChI=1S/C15H20FN3O3/c1-18(2)7-8-22-15(21)17-12-9-14(20)19(10-12)13-5-3-11(16)4-6-13/h3-6,12H,7-10H2,1-2H3,(H,17,21)/p+1/t12-/m1/s1. The van der Waals surface area contributed by atoms with Gasteiger partial charge in [-0.15, -0.1) is 0 Å². The highest BCUT2D eigenvalue weighted by Crippen LogP contribution is 2.21. The number of hydrogen-bond donors (Lipinski definition) is 2. The largest absolute Gasteiger partial charge is 0.444 e. The van der Waals surface area contributed by atoms with E-state index in [1.165, 1.54) is 21.9 Å². The Morgan fingerprint density at radius 1 is 1.41 bits per heavy atom. The number of rotatable bonds is 5. The maximum atomic E-state index is 12.9. The van der Waals surface area contributed by atoms with Crippen LogP contribution in [-0.2, 0) is 9.53 Å². The second-order valence-corrected chi connectivity index (χ2v) is 5.62. The molecule has 2 N–H and O–H groups in total. The molecule has 0 saturated carbocycles. The molecular formula is C15H21FN3O3+. The lowest BCUT2D eigenvalue weighted by molar-refractivity contribution is -0.858. The van der Waals surface area contributed by atoms with Crippen molar-refractivity contribution in [2.75, 3.05) is 38.7 Å². The van der Waals surface area contributed by atoms with E-state index < -0.39 is 6.09 Å². The molecule has 6 nitrogen and oxygen atoms in total. The van der Waals surface area contributed by atoms with Crippen LogP contribution in [0.15, 0.2) is 24.3 Å². The van der Waals surface area contributed by atoms with Crippen molar-refractivity contribution in [3.63, 3.8) is 0 Å². The van der Waals surface area contributed by atoms with Gasteiger partial charge in [-0.2, -0.15) is 0 Å². The Morgan fingerprint density at radius 2 is 2.09 bits per heavy atom. The predicted octanol–water partition coefficient (Wildman–Crippen LogP) is -0.198. The molecule has 0 unspecified atom stereocenters. The zero-order chi connectivity index (χ0) is 16.1. The highest BCUT2D eigenvalue weighted by atomic mass is 19.1. The Kier molecular flexibility index (Phi) is 5.32. The minimum Gasteiger partial charge on any atom is -0.444 e. The fourth-order valence-electron chi connectivity index (χ4n) is 2.23. The monoisotopic (exact) mass is 310 g/mol. The second kappa shape index (κ2) is 7.22. The van der Waals surface area contributed by atoms with Crippen LogP contribution >= 0.6 is 0 Å². The molecule has 0 spiro atoms. The quantitative estimate of drug-likeness (QED) is 0.792. The van der Waals surface area contributed by atoms with E-state index in [9.17, 15) is 14.0 Å². The Bertz CT molecular complexity index is 533. The van der Waals surface area contributed by atoms with E-state index in [0.717, 1.165) is 6.54 Å². The molecule has 1 saturated heterocycles. The summed E-state index contributed by atoms with van der Waals surface area (Å²) in [6, 6.07) is 5.42. The molecule has 1 fully saturated rings. The van der Waals surface area contributed by atoms with Gasteiger partial charge in [0.25, 0.3) is 0 Å². The third-order valence-corrected chi connectivity index (χ3v) is 3.42. The molecule has 1 aromatic carbocycles. The van der Waals surface area contributed by atoms with Gasteiger partial charge in [0, 0.05) is 18.7 Å². The minimum absolute atomic E-state index is 0.102. The number of carbonyl (C=O) groups excluding carboxylic acids is 2. The molecule has 0 aromatic heterocycles. The molecule has 2 amide bonds. The first-order chi connectivity index (χ1) is 10.5. The molecule has 1 aromatic rings. The van der Waals surface area contributed by atoms with Crippen LogP contribution in [0.3, 0.4) is 0 Å². The third-order valence-electron chi connectivity index (χ3n) is 3.42. The number of nitrogens with zero attached hydrogens (tertiary/aromatic N) is 1. The van der Waals surface area contributed by atoms with Gasteiger partial charge in [0.1, 0.15) is 19.0 Å². The summed E-state index contributed by atoms with van der Waals surface area (Å²) < 4.78 is 18.0. The van der Waals surface area contributed by atoms with Crippen molar-refractivity contribution in [1.82, 2.24) is 5.32 Å². The van der Waals surface area contributed by atoms with Crippen LogP contribution in [0.4, 0.5) is 14.9 Å². The van der Waals surface area contributed by atoms with E-state index in [1.54, 1.807) is 12.1 Å². The first kappa shape index (κ1) is 16.2. The number of hydrogen-bond acceptors (Lipinski definition) is 3. The molecule has 0 radical (unpaired) electrons. The van der Waals surface area contributed by atoms with Crippen LogP contribution < -0.4 is 15.1 Å². The normalized spacial score (nSPS) is 17.9. The summed E-state index contributed by atoms with van der Waals surface area (Å²) in [4.78, 5) is 26.4. The SMILES string of the molecule is C[NH+](C)CCOC(=O)N[C@@H]1CC(=O)N(c2ccc(F)cc2)C1. The van der Waals surface area contributed by atoms with Gasteiger partial charge in [-0.25, -0.2) is 9.18 Å². The highest BCUT2D eigenvalue weighted by Gasteiger charge is 2.31. The molecule has 2 rings (SSSR count). The van der Waals surface area contributed by atoms with Gasteiger partial charge in [0.2, 0.25) is 5.91 Å². The molecular weight excluding hydrogens is 289 g/mol. The van der Waals surface area contributed by atoms with Crippen LogP contribution in [0.25, 0.3) is 0 Å². The summed E-state index contributed by atoms with van der Waals surface area (Å²) in [7, 11) is 3.94. The fraction of sp³-hybridized carbons (Fsp3) is 0.467. The number of amides is 2. The predicted molar refractivity (Wildman–Crippen MR) is 79.3 cm³/mol. The number of quaternary nitrogens is 1. The summed E-state index contributed by atoms with van der Waals surface area (Å²) in [5.74, 6) is -0.452. The zero-order valence-corrected chi connectivity index (χ0v) is 12.8. The van der Waals surface area contributed by atoms with E-state index >= 15 is 0 Å². The van der Waals surface area contributed by atoms with E-state index in [1.807, 2.05) is 14.1 Å². The van der Waals surface area contributed by atoms with Crippen molar-refractivity contribution in [1.29, 1.82) is 0 Å². The average molecular weight is 310 g/mol. The maximum Gasteiger partial charge on any atom is 0.407 e. The second-order valence-electron chi connectivity index (χ2n) is 5.62. The smallest absolute Gasteiger partial charge is 0.407 e. The average Bonchev–Trinajstić information content (AvgIpc) is 2.80. The number of alkyl carbamates (subject to hydrolysis) is 1. The van der Waals surface area contributed by atoms with E-state index in [0.29, 0.717) is 18.8 Å². The van der Waals surface area contributed by atoms with Crippen molar-refractivity contribution in [3.8, 4) is 0 Å². The van der Waals surface area contributed by atoms with Crippen LogP contribution in [0.1, 0.15) is 6.42 Å². The summed E-state index contributed by atoms with van der Waals surface area (Å²) in [6.07, 6.45) is -0.300. The van der Waals surface area contributed by atoms with Crippen molar-refractivity contribution in [3.05, 3.63) is 30.1 Å². The third kappa shape index (κ3) is 4.42. The maximum absolute atomic E-state index is 12.9. The molecule has 1 aliphatic rings. The van der Waals surface area contributed by atoms with Crippen molar-refractivity contribution >= 4 is 17.7 Å². The Morgan fingerprint density at radius 3 is 2.73 bits per heavy atom. The van der Waals surface area contributed by atoms with Gasteiger partial charge >= 0.3 is 6.09 Å². The van der Waals surface area contributed by atoms with Gasteiger partial charge in [-0.1, -0.05) is 0 Å². The lowest BCUT2D eigenvalue weighted by Gasteiger charge is -2.17.